The Labute approximate surface area is 182 Å². The van der Waals surface area contributed by atoms with Gasteiger partial charge in [0.1, 0.15) is 12.3 Å². The van der Waals surface area contributed by atoms with E-state index in [0.29, 0.717) is 24.7 Å². The zero-order chi connectivity index (χ0) is 21.8. The van der Waals surface area contributed by atoms with E-state index in [2.05, 4.69) is 29.3 Å². The Kier molecular flexibility index (Phi) is 6.23. The molecule has 1 amide bonds. The van der Waals surface area contributed by atoms with E-state index >= 15 is 0 Å². The van der Waals surface area contributed by atoms with Crippen LogP contribution in [0.25, 0.3) is 11.1 Å². The summed E-state index contributed by atoms with van der Waals surface area (Å²) >= 11 is 0. The number of carbonyl (C=O) groups excluding carboxylic acids is 1. The molecule has 1 aliphatic rings. The number of amides is 1. The number of carbonyl (C=O) groups is 1. The summed E-state index contributed by atoms with van der Waals surface area (Å²) in [6.07, 6.45) is 1.96. The molecule has 4 rings (SSSR count). The molecule has 1 N–H and O–H groups in total. The number of anilines is 2. The highest BCUT2D eigenvalue weighted by Gasteiger charge is 2.21. The van der Waals surface area contributed by atoms with Gasteiger partial charge in [-0.25, -0.2) is 0 Å². The Hall–Kier alpha value is -3.32. The lowest BCUT2D eigenvalue weighted by atomic mass is 10.0. The summed E-state index contributed by atoms with van der Waals surface area (Å²) < 4.78 is 12.6. The molecule has 1 aliphatic heterocycles. The first-order valence-corrected chi connectivity index (χ1v) is 10.5. The number of ether oxygens (including phenoxy) is 2. The van der Waals surface area contributed by atoms with Crippen LogP contribution in [-0.2, 0) is 16.1 Å². The van der Waals surface area contributed by atoms with Gasteiger partial charge in [0, 0.05) is 24.8 Å². The van der Waals surface area contributed by atoms with E-state index in [4.69, 9.17) is 14.6 Å². The standard InChI is InChI=1S/C24H28N4O3/c1-17-8-9-22(30-3)21(14-17)25-23(29)16-28-15-20(19-7-5-4-6-18(19)2)24(26-28)27-10-12-31-13-11-27/h4-9,14-15H,10-13,16H2,1-3H3,(H,25,29). The molecular weight excluding hydrogens is 392 g/mol. The molecule has 1 saturated heterocycles. The zero-order valence-corrected chi connectivity index (χ0v) is 18.2. The number of morpholine rings is 1. The lowest BCUT2D eigenvalue weighted by Gasteiger charge is -2.27. The van der Waals surface area contributed by atoms with E-state index in [-0.39, 0.29) is 12.5 Å². The minimum atomic E-state index is -0.156. The number of rotatable bonds is 6. The van der Waals surface area contributed by atoms with Gasteiger partial charge in [-0.15, -0.1) is 0 Å². The fourth-order valence-electron chi connectivity index (χ4n) is 3.82. The van der Waals surface area contributed by atoms with Crippen molar-refractivity contribution in [3.8, 4) is 16.9 Å². The van der Waals surface area contributed by atoms with Crippen molar-refractivity contribution in [2.75, 3.05) is 43.6 Å². The third-order valence-electron chi connectivity index (χ3n) is 5.42. The Morgan fingerprint density at radius 2 is 1.90 bits per heavy atom. The smallest absolute Gasteiger partial charge is 0.246 e. The van der Waals surface area contributed by atoms with Gasteiger partial charge in [-0.3, -0.25) is 9.48 Å². The lowest BCUT2D eigenvalue weighted by molar-refractivity contribution is -0.116. The van der Waals surface area contributed by atoms with E-state index in [1.165, 1.54) is 5.56 Å². The molecule has 3 aromatic rings. The molecule has 0 spiro atoms. The molecule has 7 nitrogen and oxygen atoms in total. The summed E-state index contributed by atoms with van der Waals surface area (Å²) in [5.74, 6) is 1.36. The highest BCUT2D eigenvalue weighted by Crippen LogP contribution is 2.32. The van der Waals surface area contributed by atoms with Gasteiger partial charge in [0.05, 0.1) is 26.0 Å². The number of hydrogen-bond acceptors (Lipinski definition) is 5. The Bertz CT molecular complexity index is 1070. The topological polar surface area (TPSA) is 68.6 Å². The molecule has 2 heterocycles. The fourth-order valence-corrected chi connectivity index (χ4v) is 3.82. The molecule has 0 saturated carbocycles. The highest BCUT2D eigenvalue weighted by molar-refractivity contribution is 5.92. The van der Waals surface area contributed by atoms with Crippen molar-refractivity contribution < 1.29 is 14.3 Å². The molecule has 0 atom stereocenters. The molecule has 2 aromatic carbocycles. The van der Waals surface area contributed by atoms with Crippen LogP contribution in [0.2, 0.25) is 0 Å². The van der Waals surface area contributed by atoms with Crippen LogP contribution in [0.1, 0.15) is 11.1 Å². The third-order valence-corrected chi connectivity index (χ3v) is 5.42. The van der Waals surface area contributed by atoms with E-state index in [1.54, 1.807) is 11.8 Å². The maximum atomic E-state index is 12.8. The van der Waals surface area contributed by atoms with Gasteiger partial charge in [-0.2, -0.15) is 5.10 Å². The van der Waals surface area contributed by atoms with Gasteiger partial charge >= 0.3 is 0 Å². The van der Waals surface area contributed by atoms with E-state index in [9.17, 15) is 4.79 Å². The summed E-state index contributed by atoms with van der Waals surface area (Å²) in [4.78, 5) is 15.0. The van der Waals surface area contributed by atoms with Crippen LogP contribution in [0.5, 0.6) is 5.75 Å². The minimum Gasteiger partial charge on any atom is -0.495 e. The number of methoxy groups -OCH3 is 1. The number of nitrogens with one attached hydrogen (secondary N) is 1. The average molecular weight is 421 g/mol. The number of aromatic nitrogens is 2. The van der Waals surface area contributed by atoms with Crippen LogP contribution >= 0.6 is 0 Å². The van der Waals surface area contributed by atoms with Gasteiger partial charge in [0.25, 0.3) is 0 Å². The van der Waals surface area contributed by atoms with Crippen molar-refractivity contribution in [3.05, 3.63) is 59.8 Å². The fraction of sp³-hybridized carbons (Fsp3) is 0.333. The van der Waals surface area contributed by atoms with Crippen LogP contribution in [0.15, 0.2) is 48.7 Å². The summed E-state index contributed by atoms with van der Waals surface area (Å²) in [7, 11) is 1.59. The summed E-state index contributed by atoms with van der Waals surface area (Å²) in [6.45, 7) is 7.09. The monoisotopic (exact) mass is 420 g/mol. The molecule has 0 radical (unpaired) electrons. The molecule has 0 aliphatic carbocycles. The summed E-state index contributed by atoms with van der Waals surface area (Å²) in [6, 6.07) is 13.9. The number of nitrogens with zero attached hydrogens (tertiary/aromatic N) is 3. The molecule has 0 bridgehead atoms. The largest absolute Gasteiger partial charge is 0.495 e. The summed E-state index contributed by atoms with van der Waals surface area (Å²) in [5.41, 5.74) is 5.03. The lowest BCUT2D eigenvalue weighted by Crippen LogP contribution is -2.37. The first-order chi connectivity index (χ1) is 15.0. The second-order valence-electron chi connectivity index (χ2n) is 7.73. The van der Waals surface area contributed by atoms with Crippen molar-refractivity contribution in [1.29, 1.82) is 0 Å². The normalized spacial score (nSPS) is 13.8. The maximum absolute atomic E-state index is 12.8. The van der Waals surface area contributed by atoms with Crippen molar-refractivity contribution in [2.45, 2.75) is 20.4 Å². The zero-order valence-electron chi connectivity index (χ0n) is 18.2. The first kappa shape index (κ1) is 20.9. The molecule has 162 valence electrons. The molecule has 1 aromatic heterocycles. The van der Waals surface area contributed by atoms with E-state index in [0.717, 1.165) is 35.6 Å². The van der Waals surface area contributed by atoms with Crippen LogP contribution in [-0.4, -0.2) is 49.1 Å². The summed E-state index contributed by atoms with van der Waals surface area (Å²) in [5, 5.41) is 7.74. The third kappa shape index (κ3) is 4.72. The van der Waals surface area contributed by atoms with Crippen LogP contribution in [0, 0.1) is 13.8 Å². The van der Waals surface area contributed by atoms with Gasteiger partial charge in [0.2, 0.25) is 5.91 Å². The van der Waals surface area contributed by atoms with Crippen LogP contribution < -0.4 is 15.0 Å². The van der Waals surface area contributed by atoms with E-state index in [1.807, 2.05) is 43.5 Å². The molecule has 1 fully saturated rings. The maximum Gasteiger partial charge on any atom is 0.246 e. The highest BCUT2D eigenvalue weighted by atomic mass is 16.5. The quantitative estimate of drug-likeness (QED) is 0.659. The van der Waals surface area contributed by atoms with Crippen molar-refractivity contribution in [2.24, 2.45) is 0 Å². The number of benzene rings is 2. The second-order valence-corrected chi connectivity index (χ2v) is 7.73. The van der Waals surface area contributed by atoms with Gasteiger partial charge in [-0.05, 0) is 42.7 Å². The Balaban J connectivity index is 1.61. The molecule has 0 unspecified atom stereocenters. The predicted molar refractivity (Wildman–Crippen MR) is 122 cm³/mol. The molecule has 7 heteroatoms. The number of aryl methyl sites for hydroxylation is 2. The van der Waals surface area contributed by atoms with Crippen molar-refractivity contribution in [3.63, 3.8) is 0 Å². The van der Waals surface area contributed by atoms with Crippen LogP contribution in [0.4, 0.5) is 11.5 Å². The molecular formula is C24H28N4O3. The Morgan fingerprint density at radius 1 is 1.13 bits per heavy atom. The predicted octanol–water partition coefficient (Wildman–Crippen LogP) is 3.65. The average Bonchev–Trinajstić information content (AvgIpc) is 3.18. The minimum absolute atomic E-state index is 0.111. The second kappa shape index (κ2) is 9.22. The van der Waals surface area contributed by atoms with Gasteiger partial charge in [-0.1, -0.05) is 30.3 Å². The van der Waals surface area contributed by atoms with Crippen LogP contribution in [0.3, 0.4) is 0 Å². The first-order valence-electron chi connectivity index (χ1n) is 10.5. The van der Waals surface area contributed by atoms with Crippen molar-refractivity contribution in [1.82, 2.24) is 9.78 Å². The Morgan fingerprint density at radius 3 is 2.65 bits per heavy atom. The SMILES string of the molecule is COc1ccc(C)cc1NC(=O)Cn1cc(-c2ccccc2C)c(N2CCOCC2)n1. The van der Waals surface area contributed by atoms with Gasteiger partial charge < -0.3 is 19.7 Å². The molecule has 31 heavy (non-hydrogen) atoms. The van der Waals surface area contributed by atoms with Gasteiger partial charge in [0.15, 0.2) is 5.82 Å². The number of hydrogen-bond donors (Lipinski definition) is 1. The van der Waals surface area contributed by atoms with E-state index < -0.39 is 0 Å². The van der Waals surface area contributed by atoms with Crippen molar-refractivity contribution >= 4 is 17.4 Å².